The van der Waals surface area contributed by atoms with Gasteiger partial charge in [0.05, 0.1) is 13.2 Å². The Kier molecular flexibility index (Phi) is 10.7. The number of likely N-dealkylation sites (tertiary alicyclic amines) is 1. The number of amides is 3. The first-order chi connectivity index (χ1) is 26.6. The van der Waals surface area contributed by atoms with Gasteiger partial charge in [-0.2, -0.15) is 9.90 Å². The number of hydrogen-bond acceptors (Lipinski definition) is 13. The fourth-order valence-corrected chi connectivity index (χ4v) is 9.77. The van der Waals surface area contributed by atoms with Crippen LogP contribution in [0.5, 0.6) is 5.75 Å². The first-order valence-electron chi connectivity index (χ1n) is 18.2. The van der Waals surface area contributed by atoms with Crippen LogP contribution in [0.1, 0.15) is 58.9 Å². The minimum absolute atomic E-state index is 0.0180. The number of thiophene rings is 1. The highest BCUT2D eigenvalue weighted by molar-refractivity contribution is 7.92. The molecule has 2 unspecified atom stereocenters. The number of rotatable bonds is 13. The van der Waals surface area contributed by atoms with Crippen LogP contribution in [0.4, 0.5) is 0 Å². The first kappa shape index (κ1) is 39.3. The molecule has 3 fully saturated rings. The number of carbonyl (C=O) groups is 4. The summed E-state index contributed by atoms with van der Waals surface area (Å²) in [5.74, 6) is -4.06. The number of thiazole rings is 1. The molecule has 56 heavy (non-hydrogen) atoms. The van der Waals surface area contributed by atoms with Gasteiger partial charge in [0.15, 0.2) is 0 Å². The second kappa shape index (κ2) is 15.2. The van der Waals surface area contributed by atoms with E-state index in [9.17, 15) is 27.6 Å². The SMILES string of the molecule is C=CC1CC1(NC(=O)[C@@H]1C[C@@H](n2nc(-c3ccc(OC)cc3)c(-c3nccs3)n2)CN1C(=O)[C@@H](C(=O)OC1CCC1)C(C)(C)C)C(=O)NS(=O)(=O)c1cccs1. The topological polar surface area (TPSA) is 192 Å². The van der Waals surface area contributed by atoms with Gasteiger partial charge in [-0.3, -0.25) is 19.2 Å². The van der Waals surface area contributed by atoms with Gasteiger partial charge in [-0.25, -0.2) is 18.1 Å². The molecule has 3 aromatic heterocycles. The van der Waals surface area contributed by atoms with Crippen LogP contribution in [0, 0.1) is 17.3 Å². The molecule has 7 rings (SSSR count). The Balaban J connectivity index is 1.23. The van der Waals surface area contributed by atoms with Crippen molar-refractivity contribution in [3.05, 3.63) is 66.0 Å². The predicted octanol–water partition coefficient (Wildman–Crippen LogP) is 4.60. The summed E-state index contributed by atoms with van der Waals surface area (Å²) in [6, 6.07) is 8.38. The van der Waals surface area contributed by atoms with E-state index in [0.717, 1.165) is 23.3 Å². The van der Waals surface area contributed by atoms with Crippen molar-refractivity contribution in [2.75, 3.05) is 13.7 Å². The molecule has 1 aliphatic heterocycles. The number of sulfonamides is 1. The molecule has 4 aromatic rings. The van der Waals surface area contributed by atoms with Crippen molar-refractivity contribution in [3.8, 4) is 27.7 Å². The predicted molar refractivity (Wildman–Crippen MR) is 208 cm³/mol. The summed E-state index contributed by atoms with van der Waals surface area (Å²) in [6.45, 7) is 9.04. The fraction of sp³-hybridized carbons (Fsp3) is 0.447. The van der Waals surface area contributed by atoms with Crippen molar-refractivity contribution in [2.45, 2.75) is 80.8 Å². The smallest absolute Gasteiger partial charge is 0.319 e. The second-order valence-corrected chi connectivity index (χ2v) is 19.1. The van der Waals surface area contributed by atoms with E-state index in [1.165, 1.54) is 33.2 Å². The molecule has 0 radical (unpaired) electrons. The highest BCUT2D eigenvalue weighted by Crippen LogP contribution is 2.46. The van der Waals surface area contributed by atoms with Crippen LogP contribution in [0.15, 0.2) is 70.2 Å². The molecular formula is C38H43N7O8S3. The number of nitrogens with zero attached hydrogens (tertiary/aromatic N) is 5. The lowest BCUT2D eigenvalue weighted by Gasteiger charge is -2.35. The van der Waals surface area contributed by atoms with Crippen LogP contribution >= 0.6 is 22.7 Å². The molecule has 15 nitrogen and oxygen atoms in total. The zero-order valence-electron chi connectivity index (χ0n) is 31.3. The Morgan fingerprint density at radius 1 is 1.05 bits per heavy atom. The summed E-state index contributed by atoms with van der Waals surface area (Å²) >= 11 is 2.33. The van der Waals surface area contributed by atoms with Crippen molar-refractivity contribution in [1.29, 1.82) is 0 Å². The number of hydrogen-bond donors (Lipinski definition) is 2. The van der Waals surface area contributed by atoms with E-state index >= 15 is 0 Å². The van der Waals surface area contributed by atoms with Crippen LogP contribution in [-0.4, -0.2) is 88.3 Å². The van der Waals surface area contributed by atoms with Gasteiger partial charge in [0.1, 0.15) is 50.0 Å². The number of ether oxygens (including phenoxy) is 2. The monoisotopic (exact) mass is 821 g/mol. The minimum Gasteiger partial charge on any atom is -0.497 e. The molecule has 3 amide bonds. The lowest BCUT2D eigenvalue weighted by Crippen LogP contribution is -2.57. The van der Waals surface area contributed by atoms with Crippen molar-refractivity contribution in [1.82, 2.24) is 34.9 Å². The Bertz CT molecular complexity index is 2230. The molecule has 1 saturated heterocycles. The largest absolute Gasteiger partial charge is 0.497 e. The molecule has 18 heteroatoms. The van der Waals surface area contributed by atoms with E-state index in [1.807, 2.05) is 17.5 Å². The summed E-state index contributed by atoms with van der Waals surface area (Å²) in [6.07, 6.45) is 5.35. The summed E-state index contributed by atoms with van der Waals surface area (Å²) in [7, 11) is -2.65. The average molecular weight is 822 g/mol. The quantitative estimate of drug-likeness (QED) is 0.109. The molecule has 2 aliphatic carbocycles. The lowest BCUT2D eigenvalue weighted by atomic mass is 9.79. The Morgan fingerprint density at radius 2 is 1.79 bits per heavy atom. The third-order valence-corrected chi connectivity index (χ3v) is 14.0. The van der Waals surface area contributed by atoms with E-state index in [-0.39, 0.29) is 29.7 Å². The number of esters is 1. The van der Waals surface area contributed by atoms with Gasteiger partial charge in [-0.05, 0) is 66.8 Å². The van der Waals surface area contributed by atoms with Crippen molar-refractivity contribution < 1.29 is 37.1 Å². The third-order valence-electron chi connectivity index (χ3n) is 10.5. The number of benzene rings is 1. The molecular weight excluding hydrogens is 779 g/mol. The van der Waals surface area contributed by atoms with E-state index in [0.29, 0.717) is 35.0 Å². The standard InChI is InChI=1S/C38H43N7O8S3/c1-6-23-20-38(23,36(49)43-56(50,51)28-11-8-17-54-28)40-32(46)27-19-24(21-44(27)34(47)29(37(2,3)4)35(48)53-26-9-7-10-26)45-41-30(22-12-14-25(52-5)15-13-22)31(42-45)33-39-16-18-55-33/h6,8,11-18,23-24,26-27,29H,1,7,9-10,19-21H2,2-5H3,(H,40,46)(H,43,49)/t23?,24-,27+,29+,38?/m1/s1. The summed E-state index contributed by atoms with van der Waals surface area (Å²) < 4.78 is 39.3. The van der Waals surface area contributed by atoms with Gasteiger partial charge in [-0.15, -0.1) is 34.4 Å². The van der Waals surface area contributed by atoms with Crippen molar-refractivity contribution in [3.63, 3.8) is 0 Å². The summed E-state index contributed by atoms with van der Waals surface area (Å²) in [5, 5.41) is 16.5. The van der Waals surface area contributed by atoms with Gasteiger partial charge >= 0.3 is 5.97 Å². The molecule has 4 heterocycles. The van der Waals surface area contributed by atoms with Gasteiger partial charge in [0.25, 0.3) is 15.9 Å². The summed E-state index contributed by atoms with van der Waals surface area (Å²) in [4.78, 5) is 63.9. The highest BCUT2D eigenvalue weighted by Gasteiger charge is 2.62. The maximum atomic E-state index is 14.7. The molecule has 2 saturated carbocycles. The van der Waals surface area contributed by atoms with Crippen LogP contribution < -0.4 is 14.8 Å². The number of aromatic nitrogens is 4. The first-order valence-corrected chi connectivity index (χ1v) is 21.5. The Morgan fingerprint density at radius 3 is 2.36 bits per heavy atom. The molecule has 5 atom stereocenters. The van der Waals surface area contributed by atoms with Gasteiger partial charge < -0.3 is 19.7 Å². The normalized spacial score (nSPS) is 22.8. The van der Waals surface area contributed by atoms with Gasteiger partial charge in [-0.1, -0.05) is 32.9 Å². The highest BCUT2D eigenvalue weighted by atomic mass is 32.2. The van der Waals surface area contributed by atoms with Crippen LogP contribution in [-0.2, 0) is 33.9 Å². The molecule has 296 valence electrons. The second-order valence-electron chi connectivity index (χ2n) is 15.3. The Labute approximate surface area is 332 Å². The van der Waals surface area contributed by atoms with E-state index in [4.69, 9.17) is 19.7 Å². The summed E-state index contributed by atoms with van der Waals surface area (Å²) in [5.41, 5.74) is -0.751. The number of carbonyl (C=O) groups excluding carboxylic acids is 4. The van der Waals surface area contributed by atoms with E-state index < -0.39 is 68.6 Å². The molecule has 0 spiro atoms. The van der Waals surface area contributed by atoms with Crippen molar-refractivity contribution in [2.24, 2.45) is 17.3 Å². The number of nitrogens with one attached hydrogen (secondary N) is 2. The fourth-order valence-electron chi connectivity index (χ4n) is 7.11. The zero-order valence-corrected chi connectivity index (χ0v) is 33.8. The maximum Gasteiger partial charge on any atom is 0.319 e. The van der Waals surface area contributed by atoms with E-state index in [2.05, 4.69) is 21.6 Å². The minimum atomic E-state index is -4.22. The van der Waals surface area contributed by atoms with Crippen LogP contribution in [0.3, 0.4) is 0 Å². The molecule has 1 aromatic carbocycles. The average Bonchev–Trinajstić information content (AvgIpc) is 3.79. The lowest BCUT2D eigenvalue weighted by molar-refractivity contribution is -0.169. The maximum absolute atomic E-state index is 14.7. The molecule has 3 aliphatic rings. The van der Waals surface area contributed by atoms with Crippen LogP contribution in [0.25, 0.3) is 22.0 Å². The van der Waals surface area contributed by atoms with Gasteiger partial charge in [0, 0.05) is 36.0 Å². The third kappa shape index (κ3) is 7.61. The van der Waals surface area contributed by atoms with Gasteiger partial charge in [0.2, 0.25) is 11.8 Å². The Hall–Kier alpha value is -4.94. The van der Waals surface area contributed by atoms with Crippen molar-refractivity contribution >= 4 is 56.4 Å². The zero-order chi connectivity index (χ0) is 40.0. The number of methoxy groups -OCH3 is 1. The van der Waals surface area contributed by atoms with Crippen LogP contribution in [0.2, 0.25) is 0 Å². The van der Waals surface area contributed by atoms with E-state index in [1.54, 1.807) is 57.7 Å². The molecule has 0 bridgehead atoms. The molecule has 2 N–H and O–H groups in total.